The number of nitrogens with zero attached hydrogens (tertiary/aromatic N) is 2. The van der Waals surface area contributed by atoms with Crippen LogP contribution < -0.4 is 10.2 Å². The van der Waals surface area contributed by atoms with Crippen LogP contribution in [0.5, 0.6) is 0 Å². The van der Waals surface area contributed by atoms with E-state index in [1.165, 1.54) is 18.5 Å². The summed E-state index contributed by atoms with van der Waals surface area (Å²) in [7, 11) is 0. The molecule has 5 heteroatoms. The third kappa shape index (κ3) is 2.77. The summed E-state index contributed by atoms with van der Waals surface area (Å²) in [4.78, 5) is 14.6. The Kier molecular flexibility index (Phi) is 3.64. The lowest BCUT2D eigenvalue weighted by Crippen LogP contribution is -2.17. The van der Waals surface area contributed by atoms with Crippen molar-refractivity contribution >= 4 is 17.3 Å². The van der Waals surface area contributed by atoms with Crippen LogP contribution in [0.1, 0.15) is 34.6 Å². The number of H-pyrrole nitrogens is 1. The van der Waals surface area contributed by atoms with Crippen molar-refractivity contribution in [2.75, 3.05) is 23.3 Å². The average molecular weight is 284 g/mol. The van der Waals surface area contributed by atoms with Gasteiger partial charge in [-0.2, -0.15) is 5.10 Å². The summed E-state index contributed by atoms with van der Waals surface area (Å²) in [5.74, 6) is -0.118. The minimum atomic E-state index is -0.118. The zero-order valence-corrected chi connectivity index (χ0v) is 12.4. The van der Waals surface area contributed by atoms with E-state index in [1.54, 1.807) is 0 Å². The van der Waals surface area contributed by atoms with E-state index >= 15 is 0 Å². The van der Waals surface area contributed by atoms with Crippen molar-refractivity contribution < 1.29 is 4.79 Å². The molecule has 0 bridgehead atoms. The summed E-state index contributed by atoms with van der Waals surface area (Å²) in [6.07, 6.45) is 2.52. The van der Waals surface area contributed by atoms with Crippen LogP contribution in [-0.2, 0) is 0 Å². The Hall–Kier alpha value is -2.30. The minimum absolute atomic E-state index is 0.118. The molecule has 0 atom stereocenters. The van der Waals surface area contributed by atoms with E-state index in [4.69, 9.17) is 0 Å². The summed E-state index contributed by atoms with van der Waals surface area (Å²) >= 11 is 0. The van der Waals surface area contributed by atoms with E-state index in [1.807, 2.05) is 26.0 Å². The second-order valence-electron chi connectivity index (χ2n) is 5.50. The SMILES string of the molecule is Cc1n[nH]c(C)c1C(=O)Nc1ccc(N2CCCC2)cc1. The maximum Gasteiger partial charge on any atom is 0.259 e. The molecule has 0 spiro atoms. The molecule has 2 aromatic rings. The number of nitrogens with one attached hydrogen (secondary N) is 2. The van der Waals surface area contributed by atoms with E-state index < -0.39 is 0 Å². The number of aryl methyl sites for hydroxylation is 2. The zero-order chi connectivity index (χ0) is 14.8. The summed E-state index contributed by atoms with van der Waals surface area (Å²) < 4.78 is 0. The molecule has 2 heterocycles. The monoisotopic (exact) mass is 284 g/mol. The van der Waals surface area contributed by atoms with Crippen LogP contribution in [-0.4, -0.2) is 29.2 Å². The first-order valence-electron chi connectivity index (χ1n) is 7.33. The molecule has 1 saturated heterocycles. The molecule has 110 valence electrons. The molecular formula is C16H20N4O. The Balaban J connectivity index is 1.72. The highest BCUT2D eigenvalue weighted by molar-refractivity contribution is 6.05. The van der Waals surface area contributed by atoms with Gasteiger partial charge in [0, 0.05) is 30.2 Å². The van der Waals surface area contributed by atoms with Gasteiger partial charge in [-0.1, -0.05) is 0 Å². The summed E-state index contributed by atoms with van der Waals surface area (Å²) in [5.41, 5.74) is 4.17. The third-order valence-corrected chi connectivity index (χ3v) is 3.95. The lowest BCUT2D eigenvalue weighted by atomic mass is 10.2. The minimum Gasteiger partial charge on any atom is -0.372 e. The topological polar surface area (TPSA) is 61.0 Å². The van der Waals surface area contributed by atoms with Gasteiger partial charge in [-0.25, -0.2) is 0 Å². The highest BCUT2D eigenvalue weighted by Crippen LogP contribution is 2.22. The molecule has 3 rings (SSSR count). The van der Waals surface area contributed by atoms with Crippen molar-refractivity contribution in [3.63, 3.8) is 0 Å². The Bertz CT molecular complexity index is 619. The number of benzene rings is 1. The molecule has 1 aromatic heterocycles. The number of hydrogen-bond donors (Lipinski definition) is 2. The number of aromatic amines is 1. The lowest BCUT2D eigenvalue weighted by molar-refractivity contribution is 0.102. The fourth-order valence-electron chi connectivity index (χ4n) is 2.81. The molecule has 1 aromatic carbocycles. The van der Waals surface area contributed by atoms with E-state index in [2.05, 4.69) is 32.5 Å². The maximum atomic E-state index is 12.3. The summed E-state index contributed by atoms with van der Waals surface area (Å²) in [6, 6.07) is 8.04. The van der Waals surface area contributed by atoms with Gasteiger partial charge in [0.2, 0.25) is 0 Å². The molecule has 1 fully saturated rings. The smallest absolute Gasteiger partial charge is 0.259 e. The predicted octanol–water partition coefficient (Wildman–Crippen LogP) is 2.88. The quantitative estimate of drug-likeness (QED) is 0.911. The fourth-order valence-corrected chi connectivity index (χ4v) is 2.81. The van der Waals surface area contributed by atoms with Gasteiger partial charge in [0.25, 0.3) is 5.91 Å². The van der Waals surface area contributed by atoms with Crippen LogP contribution in [0.25, 0.3) is 0 Å². The molecular weight excluding hydrogens is 264 g/mol. The lowest BCUT2D eigenvalue weighted by Gasteiger charge is -2.17. The van der Waals surface area contributed by atoms with E-state index in [9.17, 15) is 4.79 Å². The summed E-state index contributed by atoms with van der Waals surface area (Å²) in [6.45, 7) is 5.93. The molecule has 0 unspecified atom stereocenters. The van der Waals surface area contributed by atoms with Crippen LogP contribution in [0.15, 0.2) is 24.3 Å². The largest absolute Gasteiger partial charge is 0.372 e. The maximum absolute atomic E-state index is 12.3. The van der Waals surface area contributed by atoms with Crippen LogP contribution in [0.3, 0.4) is 0 Å². The van der Waals surface area contributed by atoms with Crippen LogP contribution in [0.2, 0.25) is 0 Å². The Morgan fingerprint density at radius 1 is 1.19 bits per heavy atom. The van der Waals surface area contributed by atoms with Gasteiger partial charge in [0.15, 0.2) is 0 Å². The number of rotatable bonds is 3. The average Bonchev–Trinajstić information content (AvgIpc) is 3.10. The highest BCUT2D eigenvalue weighted by atomic mass is 16.1. The molecule has 5 nitrogen and oxygen atoms in total. The van der Waals surface area contributed by atoms with Crippen LogP contribution in [0.4, 0.5) is 11.4 Å². The molecule has 21 heavy (non-hydrogen) atoms. The summed E-state index contributed by atoms with van der Waals surface area (Å²) in [5, 5.41) is 9.81. The van der Waals surface area contributed by atoms with E-state index in [0.717, 1.165) is 30.2 Å². The zero-order valence-electron chi connectivity index (χ0n) is 12.4. The normalized spacial score (nSPS) is 14.5. The van der Waals surface area contributed by atoms with Crippen LogP contribution in [0, 0.1) is 13.8 Å². The van der Waals surface area contributed by atoms with Gasteiger partial charge in [0.05, 0.1) is 11.3 Å². The van der Waals surface area contributed by atoms with Gasteiger partial charge >= 0.3 is 0 Å². The molecule has 0 aliphatic carbocycles. The number of hydrogen-bond acceptors (Lipinski definition) is 3. The molecule has 0 radical (unpaired) electrons. The molecule has 2 N–H and O–H groups in total. The van der Waals surface area contributed by atoms with Crippen molar-refractivity contribution in [2.24, 2.45) is 0 Å². The fraction of sp³-hybridized carbons (Fsp3) is 0.375. The number of carbonyl (C=O) groups excluding carboxylic acids is 1. The van der Waals surface area contributed by atoms with Crippen molar-refractivity contribution in [1.82, 2.24) is 10.2 Å². The molecule has 0 saturated carbocycles. The number of amides is 1. The first-order chi connectivity index (χ1) is 10.1. The van der Waals surface area contributed by atoms with Gasteiger partial charge < -0.3 is 10.2 Å². The number of aromatic nitrogens is 2. The second kappa shape index (κ2) is 5.60. The predicted molar refractivity (Wildman–Crippen MR) is 83.9 cm³/mol. The first kappa shape index (κ1) is 13.7. The number of anilines is 2. The Morgan fingerprint density at radius 2 is 1.86 bits per heavy atom. The van der Waals surface area contributed by atoms with Gasteiger partial charge in [-0.15, -0.1) is 0 Å². The van der Waals surface area contributed by atoms with E-state index in [-0.39, 0.29) is 5.91 Å². The number of carbonyl (C=O) groups is 1. The first-order valence-corrected chi connectivity index (χ1v) is 7.33. The Labute approximate surface area is 124 Å². The van der Waals surface area contributed by atoms with Crippen LogP contribution >= 0.6 is 0 Å². The molecule has 1 amide bonds. The highest BCUT2D eigenvalue weighted by Gasteiger charge is 2.16. The van der Waals surface area contributed by atoms with Crippen molar-refractivity contribution in [1.29, 1.82) is 0 Å². The van der Waals surface area contributed by atoms with Crippen molar-refractivity contribution in [2.45, 2.75) is 26.7 Å². The second-order valence-corrected chi connectivity index (χ2v) is 5.50. The molecule has 1 aliphatic heterocycles. The van der Waals surface area contributed by atoms with Gasteiger partial charge in [-0.3, -0.25) is 9.89 Å². The molecule has 1 aliphatic rings. The van der Waals surface area contributed by atoms with E-state index in [0.29, 0.717) is 5.56 Å². The van der Waals surface area contributed by atoms with Gasteiger partial charge in [0.1, 0.15) is 0 Å². The van der Waals surface area contributed by atoms with Crippen molar-refractivity contribution in [3.8, 4) is 0 Å². The Morgan fingerprint density at radius 3 is 2.43 bits per heavy atom. The van der Waals surface area contributed by atoms with Crippen molar-refractivity contribution in [3.05, 3.63) is 41.2 Å². The standard InChI is InChI=1S/C16H20N4O/c1-11-15(12(2)19-18-11)16(21)17-13-5-7-14(8-6-13)20-9-3-4-10-20/h5-8H,3-4,9-10H2,1-2H3,(H,17,21)(H,18,19). The third-order valence-electron chi connectivity index (χ3n) is 3.95. The van der Waals surface area contributed by atoms with Gasteiger partial charge in [-0.05, 0) is 51.0 Å².